The van der Waals surface area contributed by atoms with Gasteiger partial charge in [-0.05, 0) is 108 Å². The Labute approximate surface area is 315 Å². The van der Waals surface area contributed by atoms with Crippen molar-refractivity contribution in [2.75, 3.05) is 0 Å². The summed E-state index contributed by atoms with van der Waals surface area (Å²) in [5.74, 6) is 0. The Hall–Kier alpha value is -6.53. The van der Waals surface area contributed by atoms with Crippen molar-refractivity contribution < 1.29 is 4.42 Å². The van der Waals surface area contributed by atoms with Gasteiger partial charge in [0.2, 0.25) is 0 Å². The van der Waals surface area contributed by atoms with Crippen molar-refractivity contribution in [3.63, 3.8) is 0 Å². The van der Waals surface area contributed by atoms with Crippen LogP contribution in [0.4, 0.5) is 0 Å². The summed E-state index contributed by atoms with van der Waals surface area (Å²) >= 11 is 0. The van der Waals surface area contributed by atoms with E-state index in [2.05, 4.69) is 200 Å². The van der Waals surface area contributed by atoms with Crippen LogP contribution in [0, 0.1) is 0 Å². The second kappa shape index (κ2) is 12.6. The van der Waals surface area contributed by atoms with Crippen LogP contribution >= 0.6 is 7.92 Å². The molecule has 0 spiro atoms. The fourth-order valence-corrected chi connectivity index (χ4v) is 11.2. The molecule has 10 aromatic rings. The minimum atomic E-state index is -0.915. The zero-order valence-corrected chi connectivity index (χ0v) is 30.3. The summed E-state index contributed by atoms with van der Waals surface area (Å²) in [4.78, 5) is 0. The Balaban J connectivity index is 1.06. The summed E-state index contributed by atoms with van der Waals surface area (Å²) in [6.45, 7) is 0. The molecule has 0 unspecified atom stereocenters. The van der Waals surface area contributed by atoms with Gasteiger partial charge in [0.05, 0.1) is 0 Å². The van der Waals surface area contributed by atoms with Crippen molar-refractivity contribution >= 4 is 56.5 Å². The Morgan fingerprint density at radius 2 is 0.833 bits per heavy atom. The zero-order chi connectivity index (χ0) is 35.6. The van der Waals surface area contributed by atoms with Gasteiger partial charge < -0.3 is 4.42 Å². The fraction of sp³-hybridized carbons (Fsp3) is 0. The van der Waals surface area contributed by atoms with Gasteiger partial charge in [0.1, 0.15) is 11.2 Å². The number of rotatable bonds is 6. The summed E-state index contributed by atoms with van der Waals surface area (Å²) in [7, 11) is -0.915. The Morgan fingerprint density at radius 1 is 0.296 bits per heavy atom. The highest BCUT2D eigenvalue weighted by molar-refractivity contribution is 7.80. The van der Waals surface area contributed by atoms with Gasteiger partial charge in [0.15, 0.2) is 0 Å². The van der Waals surface area contributed by atoms with Gasteiger partial charge in [-0.1, -0.05) is 182 Å². The molecule has 0 fully saturated rings. The van der Waals surface area contributed by atoms with E-state index in [0.29, 0.717) is 0 Å². The van der Waals surface area contributed by atoms with Crippen molar-refractivity contribution in [2.24, 2.45) is 0 Å². The van der Waals surface area contributed by atoms with Crippen LogP contribution in [0.2, 0.25) is 0 Å². The standard InChI is InChI=1S/C52H33OP/c1-3-14-35(15-4-1)39-18-9-11-24-49(39)54(50-25-12-10-19-40(50)36-16-5-2-6-17-36)38-29-26-34(27-30-38)37-28-31-47-46(32-37)52-44-23-13-22-43-41-20-7-8-21-42(41)45(51(43)44)33-48(52)53-47/h1-33H. The van der Waals surface area contributed by atoms with Gasteiger partial charge in [-0.2, -0.15) is 0 Å². The molecule has 11 rings (SSSR count). The molecule has 0 saturated carbocycles. The minimum absolute atomic E-state index is 0.915. The van der Waals surface area contributed by atoms with Crippen LogP contribution in [0.15, 0.2) is 205 Å². The van der Waals surface area contributed by atoms with E-state index < -0.39 is 7.92 Å². The second-order valence-electron chi connectivity index (χ2n) is 14.0. The van der Waals surface area contributed by atoms with Crippen LogP contribution in [0.1, 0.15) is 0 Å². The molecule has 252 valence electrons. The summed E-state index contributed by atoms with van der Waals surface area (Å²) in [5, 5.41) is 8.94. The lowest BCUT2D eigenvalue weighted by atomic mass is 9.97. The van der Waals surface area contributed by atoms with Crippen molar-refractivity contribution in [2.45, 2.75) is 0 Å². The first-order valence-corrected chi connectivity index (χ1v) is 19.9. The van der Waals surface area contributed by atoms with Crippen LogP contribution in [-0.4, -0.2) is 0 Å². The van der Waals surface area contributed by atoms with Gasteiger partial charge in [-0.25, -0.2) is 0 Å². The van der Waals surface area contributed by atoms with Crippen LogP contribution in [0.3, 0.4) is 0 Å². The molecule has 0 amide bonds. The first kappa shape index (κ1) is 31.0. The van der Waals surface area contributed by atoms with Crippen molar-refractivity contribution in [1.29, 1.82) is 0 Å². The summed E-state index contributed by atoms with van der Waals surface area (Å²) in [6, 6.07) is 73.2. The lowest BCUT2D eigenvalue weighted by Gasteiger charge is -2.25. The topological polar surface area (TPSA) is 13.1 Å². The number of benzene rings is 9. The molecule has 0 aliphatic heterocycles. The van der Waals surface area contributed by atoms with Crippen molar-refractivity contribution in [3.05, 3.63) is 200 Å². The molecular formula is C52H33OP. The van der Waals surface area contributed by atoms with Crippen LogP contribution in [0.5, 0.6) is 0 Å². The third kappa shape index (κ3) is 4.90. The van der Waals surface area contributed by atoms with E-state index in [1.165, 1.54) is 87.7 Å². The molecule has 1 heterocycles. The number of hydrogen-bond acceptors (Lipinski definition) is 1. The molecule has 0 radical (unpaired) electrons. The van der Waals surface area contributed by atoms with E-state index in [4.69, 9.17) is 4.42 Å². The summed E-state index contributed by atoms with van der Waals surface area (Å²) in [6.07, 6.45) is 0. The maximum Gasteiger partial charge on any atom is 0.136 e. The van der Waals surface area contributed by atoms with E-state index in [9.17, 15) is 0 Å². The lowest BCUT2D eigenvalue weighted by Crippen LogP contribution is -2.23. The first-order valence-electron chi connectivity index (χ1n) is 18.5. The molecule has 1 aromatic heterocycles. The molecule has 54 heavy (non-hydrogen) atoms. The minimum Gasteiger partial charge on any atom is -0.456 e. The van der Waals surface area contributed by atoms with E-state index in [1.807, 2.05) is 0 Å². The van der Waals surface area contributed by atoms with E-state index in [1.54, 1.807) is 0 Å². The van der Waals surface area contributed by atoms with E-state index in [-0.39, 0.29) is 0 Å². The molecule has 0 atom stereocenters. The molecule has 9 aromatic carbocycles. The normalized spacial score (nSPS) is 11.9. The van der Waals surface area contributed by atoms with Gasteiger partial charge in [0, 0.05) is 10.8 Å². The average Bonchev–Trinajstić information content (AvgIpc) is 3.78. The van der Waals surface area contributed by atoms with Crippen molar-refractivity contribution in [3.8, 4) is 55.6 Å². The highest BCUT2D eigenvalue weighted by Gasteiger charge is 2.26. The molecule has 2 heteroatoms. The second-order valence-corrected chi connectivity index (χ2v) is 16.2. The molecule has 0 bridgehead atoms. The van der Waals surface area contributed by atoms with E-state index >= 15 is 0 Å². The molecule has 1 aliphatic carbocycles. The number of hydrogen-bond donors (Lipinski definition) is 0. The van der Waals surface area contributed by atoms with Gasteiger partial charge in [-0.3, -0.25) is 0 Å². The molecule has 0 N–H and O–H groups in total. The fourth-order valence-electron chi connectivity index (χ4n) is 8.59. The van der Waals surface area contributed by atoms with Crippen LogP contribution in [-0.2, 0) is 0 Å². The first-order chi connectivity index (χ1) is 26.8. The molecular weight excluding hydrogens is 672 g/mol. The third-order valence-electron chi connectivity index (χ3n) is 11.0. The molecule has 0 saturated heterocycles. The highest BCUT2D eigenvalue weighted by atomic mass is 31.1. The maximum atomic E-state index is 6.58. The van der Waals surface area contributed by atoms with Gasteiger partial charge in [-0.15, -0.1) is 0 Å². The predicted molar refractivity (Wildman–Crippen MR) is 231 cm³/mol. The monoisotopic (exact) mass is 704 g/mol. The smallest absolute Gasteiger partial charge is 0.136 e. The Morgan fingerprint density at radius 3 is 1.48 bits per heavy atom. The van der Waals surface area contributed by atoms with Crippen LogP contribution < -0.4 is 15.9 Å². The highest BCUT2D eigenvalue weighted by Crippen LogP contribution is 2.51. The summed E-state index contributed by atoms with van der Waals surface area (Å²) < 4.78 is 6.58. The quantitative estimate of drug-likeness (QED) is 0.157. The SMILES string of the molecule is c1ccc(-c2ccccc2P(c2ccc(-c3ccc4oc5cc6c7c(cccc7c5c4c3)-c3ccccc3-6)cc2)c2ccccc2-c2ccccc2)cc1. The Bertz CT molecular complexity index is 2950. The van der Waals surface area contributed by atoms with Gasteiger partial charge in [0.25, 0.3) is 0 Å². The zero-order valence-electron chi connectivity index (χ0n) is 29.4. The Kier molecular flexibility index (Phi) is 7.22. The van der Waals surface area contributed by atoms with Gasteiger partial charge >= 0.3 is 0 Å². The lowest BCUT2D eigenvalue weighted by molar-refractivity contribution is 0.669. The molecule has 1 aliphatic rings. The third-order valence-corrected chi connectivity index (χ3v) is 13.6. The summed E-state index contributed by atoms with van der Waals surface area (Å²) in [5.41, 5.74) is 14.4. The van der Waals surface area contributed by atoms with Crippen molar-refractivity contribution in [1.82, 2.24) is 0 Å². The van der Waals surface area contributed by atoms with Crippen LogP contribution in [0.25, 0.3) is 88.3 Å². The number of furan rings is 1. The largest absolute Gasteiger partial charge is 0.456 e. The average molecular weight is 705 g/mol. The predicted octanol–water partition coefficient (Wildman–Crippen LogP) is 13.1. The maximum absolute atomic E-state index is 6.58. The van der Waals surface area contributed by atoms with E-state index in [0.717, 1.165) is 16.6 Å². The number of fused-ring (bicyclic) bond motifs is 7. The molecule has 1 nitrogen and oxygen atoms in total.